The van der Waals surface area contributed by atoms with Gasteiger partial charge in [0.2, 0.25) is 0 Å². The van der Waals surface area contributed by atoms with E-state index in [0.29, 0.717) is 5.41 Å². The first-order valence-corrected chi connectivity index (χ1v) is 12.3. The van der Waals surface area contributed by atoms with Crippen LogP contribution in [0.3, 0.4) is 0 Å². The van der Waals surface area contributed by atoms with Gasteiger partial charge in [-0.2, -0.15) is 0 Å². The zero-order valence-corrected chi connectivity index (χ0v) is 18.4. The molecular weight excluding hydrogens is 390 g/mol. The average Bonchev–Trinajstić information content (AvgIpc) is 3.47. The lowest BCUT2D eigenvalue weighted by Gasteiger charge is -2.47. The van der Waals surface area contributed by atoms with Gasteiger partial charge in [0.1, 0.15) is 6.04 Å². The first-order valence-electron chi connectivity index (χ1n) is 11.4. The SMILES string of the molecule is c1ccc(CCn2nnnc2[C@@H](c2cccs2)N2CCCC3(CCCCC3)C2)cc1. The van der Waals surface area contributed by atoms with Gasteiger partial charge in [-0.3, -0.25) is 4.90 Å². The van der Waals surface area contributed by atoms with Crippen LogP contribution in [0.4, 0.5) is 0 Å². The summed E-state index contributed by atoms with van der Waals surface area (Å²) in [5.74, 6) is 1.00. The molecule has 1 aliphatic carbocycles. The Kier molecular flexibility index (Phi) is 5.95. The molecule has 30 heavy (non-hydrogen) atoms. The first kappa shape index (κ1) is 19.9. The molecule has 0 unspecified atom stereocenters. The third-order valence-corrected chi connectivity index (χ3v) is 7.97. The van der Waals surface area contributed by atoms with Gasteiger partial charge in [0.05, 0.1) is 0 Å². The number of aromatic nitrogens is 4. The lowest BCUT2D eigenvalue weighted by Crippen LogP contribution is -2.46. The van der Waals surface area contributed by atoms with Crippen LogP contribution < -0.4 is 0 Å². The molecule has 0 bridgehead atoms. The number of likely N-dealkylation sites (tertiary alicyclic amines) is 1. The van der Waals surface area contributed by atoms with Gasteiger partial charge in [0, 0.05) is 18.0 Å². The summed E-state index contributed by atoms with van der Waals surface area (Å²) in [5.41, 5.74) is 1.83. The molecule has 1 saturated heterocycles. The van der Waals surface area contributed by atoms with Gasteiger partial charge >= 0.3 is 0 Å². The molecule has 3 aromatic rings. The molecule has 158 valence electrons. The number of benzene rings is 1. The molecule has 1 spiro atoms. The summed E-state index contributed by atoms with van der Waals surface area (Å²) < 4.78 is 2.04. The third-order valence-electron chi connectivity index (χ3n) is 7.04. The van der Waals surface area contributed by atoms with E-state index in [0.717, 1.165) is 25.3 Å². The fourth-order valence-corrected chi connectivity index (χ4v) is 6.39. The number of aryl methyl sites for hydroxylation is 2. The largest absolute Gasteiger partial charge is 0.288 e. The highest BCUT2D eigenvalue weighted by atomic mass is 32.1. The molecule has 2 aromatic heterocycles. The molecule has 0 amide bonds. The Morgan fingerprint density at radius 2 is 1.80 bits per heavy atom. The van der Waals surface area contributed by atoms with Crippen molar-refractivity contribution in [3.8, 4) is 0 Å². The molecule has 1 aromatic carbocycles. The second kappa shape index (κ2) is 8.98. The quantitative estimate of drug-likeness (QED) is 0.555. The highest BCUT2D eigenvalue weighted by Crippen LogP contribution is 2.46. The van der Waals surface area contributed by atoms with E-state index in [-0.39, 0.29) is 6.04 Å². The smallest absolute Gasteiger partial charge is 0.173 e. The number of piperidine rings is 1. The Morgan fingerprint density at radius 3 is 2.60 bits per heavy atom. The molecule has 5 nitrogen and oxygen atoms in total. The van der Waals surface area contributed by atoms with Gasteiger partial charge in [-0.05, 0) is 71.5 Å². The van der Waals surface area contributed by atoms with Crippen LogP contribution in [-0.2, 0) is 13.0 Å². The summed E-state index contributed by atoms with van der Waals surface area (Å²) in [5, 5.41) is 15.2. The number of thiophene rings is 1. The molecule has 2 fully saturated rings. The molecule has 1 atom stereocenters. The monoisotopic (exact) mass is 421 g/mol. The third kappa shape index (κ3) is 4.21. The van der Waals surface area contributed by atoms with E-state index in [4.69, 9.17) is 0 Å². The normalized spacial score (nSPS) is 20.4. The Hall–Kier alpha value is -2.05. The topological polar surface area (TPSA) is 46.8 Å². The van der Waals surface area contributed by atoms with Crippen molar-refractivity contribution in [1.29, 1.82) is 0 Å². The second-order valence-electron chi connectivity index (χ2n) is 9.05. The maximum absolute atomic E-state index is 4.56. The van der Waals surface area contributed by atoms with Crippen LogP contribution in [0.1, 0.15) is 67.3 Å². The highest BCUT2D eigenvalue weighted by molar-refractivity contribution is 7.10. The lowest BCUT2D eigenvalue weighted by molar-refractivity contribution is 0.0349. The number of nitrogens with zero attached hydrogens (tertiary/aromatic N) is 5. The molecule has 1 saturated carbocycles. The van der Waals surface area contributed by atoms with E-state index < -0.39 is 0 Å². The fraction of sp³-hybridized carbons (Fsp3) is 0.542. The minimum atomic E-state index is 0.162. The molecule has 3 heterocycles. The van der Waals surface area contributed by atoms with Gasteiger partial charge in [-0.15, -0.1) is 16.4 Å². The van der Waals surface area contributed by atoms with Gasteiger partial charge in [-0.1, -0.05) is 55.7 Å². The van der Waals surface area contributed by atoms with Gasteiger partial charge < -0.3 is 0 Å². The predicted octanol–water partition coefficient (Wildman–Crippen LogP) is 5.11. The molecule has 5 rings (SSSR count). The summed E-state index contributed by atoms with van der Waals surface area (Å²) in [7, 11) is 0. The van der Waals surface area contributed by atoms with E-state index >= 15 is 0 Å². The van der Waals surface area contributed by atoms with Crippen LogP contribution in [0, 0.1) is 5.41 Å². The second-order valence-corrected chi connectivity index (χ2v) is 10.0. The molecule has 2 aliphatic rings. The number of tetrazole rings is 1. The van der Waals surface area contributed by atoms with Crippen LogP contribution in [0.2, 0.25) is 0 Å². The van der Waals surface area contributed by atoms with E-state index in [9.17, 15) is 0 Å². The molecule has 0 N–H and O–H groups in total. The van der Waals surface area contributed by atoms with Gasteiger partial charge in [0.25, 0.3) is 0 Å². The fourth-order valence-electron chi connectivity index (χ4n) is 5.54. The van der Waals surface area contributed by atoms with Gasteiger partial charge in [-0.25, -0.2) is 4.68 Å². The van der Waals surface area contributed by atoms with Crippen molar-refractivity contribution in [2.75, 3.05) is 13.1 Å². The van der Waals surface area contributed by atoms with E-state index in [1.54, 1.807) is 0 Å². The minimum absolute atomic E-state index is 0.162. The Morgan fingerprint density at radius 1 is 0.967 bits per heavy atom. The van der Waals surface area contributed by atoms with Crippen molar-refractivity contribution < 1.29 is 0 Å². The molecule has 6 heteroatoms. The van der Waals surface area contributed by atoms with Crippen molar-refractivity contribution in [1.82, 2.24) is 25.1 Å². The van der Waals surface area contributed by atoms with Crippen molar-refractivity contribution in [2.24, 2.45) is 5.41 Å². The van der Waals surface area contributed by atoms with Crippen LogP contribution in [-0.4, -0.2) is 38.2 Å². The number of rotatable bonds is 6. The average molecular weight is 422 g/mol. The van der Waals surface area contributed by atoms with Crippen molar-refractivity contribution in [3.63, 3.8) is 0 Å². The van der Waals surface area contributed by atoms with Crippen LogP contribution in [0.5, 0.6) is 0 Å². The maximum Gasteiger partial charge on any atom is 0.173 e. The van der Waals surface area contributed by atoms with E-state index in [1.165, 1.54) is 61.9 Å². The van der Waals surface area contributed by atoms with E-state index in [2.05, 4.69) is 68.3 Å². The van der Waals surface area contributed by atoms with Crippen LogP contribution >= 0.6 is 11.3 Å². The Bertz CT molecular complexity index is 909. The van der Waals surface area contributed by atoms with Crippen molar-refractivity contribution in [2.45, 2.75) is 64.0 Å². The molecular formula is C24H31N5S. The predicted molar refractivity (Wildman–Crippen MR) is 120 cm³/mol. The van der Waals surface area contributed by atoms with Gasteiger partial charge in [0.15, 0.2) is 5.82 Å². The summed E-state index contributed by atoms with van der Waals surface area (Å²) in [6, 6.07) is 15.2. The summed E-state index contributed by atoms with van der Waals surface area (Å²) in [6.07, 6.45) is 10.6. The maximum atomic E-state index is 4.56. The standard InChI is InChI=1S/C24H31N5S/c1-3-9-20(10-4-1)12-17-29-23(25-26-27-29)22(21-11-7-18-30-21)28-16-8-15-24(19-28)13-5-2-6-14-24/h1,3-4,7,9-11,18,22H,2,5-6,8,12-17,19H2/t22-/m1/s1. The molecule has 0 radical (unpaired) electrons. The Labute approximate surface area is 183 Å². The van der Waals surface area contributed by atoms with Crippen LogP contribution in [0.25, 0.3) is 0 Å². The number of hydrogen-bond acceptors (Lipinski definition) is 5. The first-order chi connectivity index (χ1) is 14.8. The lowest BCUT2D eigenvalue weighted by atomic mass is 9.69. The minimum Gasteiger partial charge on any atom is -0.288 e. The summed E-state index contributed by atoms with van der Waals surface area (Å²) >= 11 is 1.83. The van der Waals surface area contributed by atoms with Crippen LogP contribution in [0.15, 0.2) is 47.8 Å². The summed E-state index contributed by atoms with van der Waals surface area (Å²) in [6.45, 7) is 3.13. The van der Waals surface area contributed by atoms with Crippen molar-refractivity contribution in [3.05, 3.63) is 64.1 Å². The zero-order chi connectivity index (χ0) is 20.2. The number of hydrogen-bond donors (Lipinski definition) is 0. The summed E-state index contributed by atoms with van der Waals surface area (Å²) in [4.78, 5) is 4.05. The Balaban J connectivity index is 1.41. The van der Waals surface area contributed by atoms with E-state index in [1.807, 2.05) is 16.0 Å². The highest BCUT2D eigenvalue weighted by Gasteiger charge is 2.40. The van der Waals surface area contributed by atoms with Crippen molar-refractivity contribution >= 4 is 11.3 Å². The zero-order valence-electron chi connectivity index (χ0n) is 17.6. The molecule has 1 aliphatic heterocycles.